The maximum Gasteiger partial charge on any atom is 0.331 e. The molecule has 0 saturated carbocycles. The predicted octanol–water partition coefficient (Wildman–Crippen LogP) is 4.31. The first-order chi connectivity index (χ1) is 17.8. The van der Waals surface area contributed by atoms with Gasteiger partial charge >= 0.3 is 5.97 Å². The molecule has 0 aromatic heterocycles. The molecule has 202 valence electrons. The summed E-state index contributed by atoms with van der Waals surface area (Å²) in [5.74, 6) is -0.537. The summed E-state index contributed by atoms with van der Waals surface area (Å²) in [6, 6.07) is 0. The number of ether oxygens (including phenoxy) is 4. The normalized spacial score (nSPS) is 38.6. The largest absolute Gasteiger partial charge is 0.451 e. The molecule has 0 aliphatic carbocycles. The Balaban J connectivity index is 1.45. The predicted molar refractivity (Wildman–Crippen MR) is 140 cm³/mol. The molecule has 0 spiro atoms. The summed E-state index contributed by atoms with van der Waals surface area (Å²) < 4.78 is 23.2. The quantitative estimate of drug-likeness (QED) is 0.261. The maximum atomic E-state index is 13.0. The average Bonchev–Trinajstić information content (AvgIpc) is 3.61. The molecule has 4 aliphatic rings. The van der Waals surface area contributed by atoms with Crippen LogP contribution in [0.3, 0.4) is 0 Å². The van der Waals surface area contributed by atoms with Gasteiger partial charge in [0.05, 0.1) is 37.1 Å². The summed E-state index contributed by atoms with van der Waals surface area (Å²) >= 11 is 0. The Bertz CT molecular complexity index is 961. The second-order valence-corrected chi connectivity index (χ2v) is 10.9. The van der Waals surface area contributed by atoms with Crippen molar-refractivity contribution in [3.63, 3.8) is 0 Å². The van der Waals surface area contributed by atoms with Gasteiger partial charge in [-0.05, 0) is 57.4 Å². The van der Waals surface area contributed by atoms with E-state index in [1.807, 2.05) is 19.1 Å². The van der Waals surface area contributed by atoms with E-state index in [2.05, 4.69) is 19.6 Å². The van der Waals surface area contributed by atoms with Gasteiger partial charge in [-0.2, -0.15) is 0 Å². The molecule has 0 amide bonds. The molecule has 0 aromatic rings. The van der Waals surface area contributed by atoms with E-state index in [1.54, 1.807) is 12.2 Å². The van der Waals surface area contributed by atoms with Crippen molar-refractivity contribution in [3.8, 4) is 0 Å². The Kier molecular flexibility index (Phi) is 9.71. The molecule has 7 nitrogen and oxygen atoms in total. The van der Waals surface area contributed by atoms with Gasteiger partial charge in [-0.25, -0.2) is 4.79 Å². The SMILES string of the molecule is C=C1C[C@H](C)C[C@@H]2CC=C[C@@H](C/C=C\C(=O)O[C@H](C(=O)/C=C/[C@@H]3CC(C)=CCO3)C[C@@H]3OC3[C@@H](O)C1)O2. The van der Waals surface area contributed by atoms with E-state index in [1.165, 1.54) is 17.7 Å². The van der Waals surface area contributed by atoms with E-state index in [4.69, 9.17) is 18.9 Å². The van der Waals surface area contributed by atoms with Crippen LogP contribution in [0.2, 0.25) is 0 Å². The summed E-state index contributed by atoms with van der Waals surface area (Å²) in [5, 5.41) is 10.7. The number of carbonyl (C=O) groups is 2. The van der Waals surface area contributed by atoms with Crippen molar-refractivity contribution in [3.05, 3.63) is 60.3 Å². The second-order valence-electron chi connectivity index (χ2n) is 10.9. The van der Waals surface area contributed by atoms with Crippen LogP contribution in [0.4, 0.5) is 0 Å². The Hall–Kier alpha value is -2.32. The minimum absolute atomic E-state index is 0.104. The van der Waals surface area contributed by atoms with Gasteiger partial charge in [-0.15, -0.1) is 0 Å². The number of epoxide rings is 1. The monoisotopic (exact) mass is 512 g/mol. The number of hydrogen-bond acceptors (Lipinski definition) is 7. The van der Waals surface area contributed by atoms with Crippen LogP contribution >= 0.6 is 0 Å². The van der Waals surface area contributed by atoms with Crippen LogP contribution < -0.4 is 0 Å². The lowest BCUT2D eigenvalue weighted by atomic mass is 9.91. The number of carbonyl (C=O) groups excluding carboxylic acids is 2. The Morgan fingerprint density at radius 3 is 2.78 bits per heavy atom. The molecule has 0 radical (unpaired) electrons. The highest BCUT2D eigenvalue weighted by atomic mass is 16.6. The van der Waals surface area contributed by atoms with E-state index in [0.29, 0.717) is 25.4 Å². The molecular weight excluding hydrogens is 472 g/mol. The number of ketones is 1. The summed E-state index contributed by atoms with van der Waals surface area (Å²) in [7, 11) is 0. The minimum atomic E-state index is -1.01. The van der Waals surface area contributed by atoms with Crippen molar-refractivity contribution in [2.45, 2.75) is 102 Å². The second kappa shape index (κ2) is 13.0. The number of cyclic esters (lactones) is 1. The lowest BCUT2D eigenvalue weighted by Gasteiger charge is -2.28. The molecule has 8 atom stereocenters. The molecule has 0 aromatic carbocycles. The maximum absolute atomic E-state index is 13.0. The molecule has 1 saturated heterocycles. The molecule has 1 unspecified atom stereocenters. The Labute approximate surface area is 219 Å². The van der Waals surface area contributed by atoms with Crippen LogP contribution in [0.15, 0.2) is 60.3 Å². The molecule has 1 fully saturated rings. The molecule has 4 aliphatic heterocycles. The third-order valence-corrected chi connectivity index (χ3v) is 7.30. The lowest BCUT2D eigenvalue weighted by Crippen LogP contribution is -2.29. The van der Waals surface area contributed by atoms with Crippen LogP contribution in [0.5, 0.6) is 0 Å². The molecule has 7 heteroatoms. The van der Waals surface area contributed by atoms with E-state index < -0.39 is 24.3 Å². The van der Waals surface area contributed by atoms with Gasteiger partial charge in [0.2, 0.25) is 0 Å². The summed E-state index contributed by atoms with van der Waals surface area (Å²) in [4.78, 5) is 25.7. The van der Waals surface area contributed by atoms with Crippen molar-refractivity contribution >= 4 is 11.8 Å². The smallest absolute Gasteiger partial charge is 0.331 e. The van der Waals surface area contributed by atoms with E-state index in [0.717, 1.165) is 31.3 Å². The van der Waals surface area contributed by atoms with Crippen molar-refractivity contribution in [2.24, 2.45) is 5.92 Å². The molecule has 4 heterocycles. The van der Waals surface area contributed by atoms with E-state index in [-0.39, 0.29) is 36.6 Å². The number of aliphatic hydroxyl groups is 1. The fraction of sp³-hybridized carbons (Fsp3) is 0.600. The van der Waals surface area contributed by atoms with Gasteiger partial charge in [0.1, 0.15) is 6.10 Å². The lowest BCUT2D eigenvalue weighted by molar-refractivity contribution is -0.149. The van der Waals surface area contributed by atoms with Crippen molar-refractivity contribution in [1.82, 2.24) is 0 Å². The van der Waals surface area contributed by atoms with Crippen LogP contribution in [-0.4, -0.2) is 66.2 Å². The fourth-order valence-electron chi connectivity index (χ4n) is 5.34. The van der Waals surface area contributed by atoms with Gasteiger partial charge in [0.25, 0.3) is 0 Å². The van der Waals surface area contributed by atoms with Crippen LogP contribution in [0.25, 0.3) is 0 Å². The number of esters is 1. The van der Waals surface area contributed by atoms with E-state index >= 15 is 0 Å². The zero-order valence-electron chi connectivity index (χ0n) is 21.9. The average molecular weight is 513 g/mol. The fourth-order valence-corrected chi connectivity index (χ4v) is 5.34. The standard InChI is InChI=1S/C30H40O7/c1-19-12-13-34-23(15-19)10-11-25(31)27-18-28-30(37-28)26(32)17-21(3)14-20(2)16-24-8-4-6-22(35-24)7-5-9-29(33)36-27/h4-6,9-12,20,22-24,26-28,30,32H,3,7-8,13-18H2,1-2H3/b9-5-,11-10+/t20-,22-,23+,24-,26-,27-,28-,30?/m0/s1. The Morgan fingerprint density at radius 2 is 1.97 bits per heavy atom. The van der Waals surface area contributed by atoms with Crippen LogP contribution in [0, 0.1) is 5.92 Å². The first-order valence-electron chi connectivity index (χ1n) is 13.5. The first-order valence-corrected chi connectivity index (χ1v) is 13.5. The van der Waals surface area contributed by atoms with Gasteiger partial charge in [0, 0.05) is 12.5 Å². The molecule has 4 rings (SSSR count). The van der Waals surface area contributed by atoms with Crippen LogP contribution in [0.1, 0.15) is 58.8 Å². The van der Waals surface area contributed by atoms with Gasteiger partial charge in [0.15, 0.2) is 11.9 Å². The third-order valence-electron chi connectivity index (χ3n) is 7.30. The van der Waals surface area contributed by atoms with Gasteiger partial charge in [-0.3, -0.25) is 4.79 Å². The van der Waals surface area contributed by atoms with Gasteiger partial charge in [-0.1, -0.05) is 55.0 Å². The van der Waals surface area contributed by atoms with Gasteiger partial charge < -0.3 is 24.1 Å². The Morgan fingerprint density at radius 1 is 1.14 bits per heavy atom. The summed E-state index contributed by atoms with van der Waals surface area (Å²) in [6.07, 6.45) is 14.2. The van der Waals surface area contributed by atoms with Crippen molar-refractivity contribution in [2.75, 3.05) is 6.61 Å². The number of hydrogen-bond donors (Lipinski definition) is 1. The molecule has 37 heavy (non-hydrogen) atoms. The molecule has 2 bridgehead atoms. The zero-order chi connectivity index (χ0) is 26.4. The van der Waals surface area contributed by atoms with E-state index in [9.17, 15) is 14.7 Å². The third kappa shape index (κ3) is 8.60. The highest BCUT2D eigenvalue weighted by Gasteiger charge is 2.46. The van der Waals surface area contributed by atoms with Crippen molar-refractivity contribution in [1.29, 1.82) is 0 Å². The molecule has 1 N–H and O–H groups in total. The minimum Gasteiger partial charge on any atom is -0.451 e. The topological polar surface area (TPSA) is 94.6 Å². The highest BCUT2D eigenvalue weighted by molar-refractivity contribution is 5.96. The first kappa shape index (κ1) is 27.7. The highest BCUT2D eigenvalue weighted by Crippen LogP contribution is 2.34. The number of aliphatic hydroxyl groups excluding tert-OH is 1. The zero-order valence-corrected chi connectivity index (χ0v) is 21.9. The van der Waals surface area contributed by atoms with Crippen LogP contribution in [-0.2, 0) is 28.5 Å². The summed E-state index contributed by atoms with van der Waals surface area (Å²) in [5.41, 5.74) is 2.18. The summed E-state index contributed by atoms with van der Waals surface area (Å²) in [6.45, 7) is 8.90. The number of rotatable bonds is 3. The van der Waals surface area contributed by atoms with Crippen molar-refractivity contribution < 1.29 is 33.6 Å². The number of fused-ring (bicyclic) bond motifs is 3. The molecular formula is C30H40O7.